The van der Waals surface area contributed by atoms with Crippen molar-refractivity contribution in [2.75, 3.05) is 20.3 Å². The zero-order chi connectivity index (χ0) is 13.7. The van der Waals surface area contributed by atoms with E-state index in [1.807, 2.05) is 0 Å². The molecule has 0 aromatic carbocycles. The molecule has 0 aliphatic carbocycles. The van der Waals surface area contributed by atoms with Gasteiger partial charge in [-0.3, -0.25) is 9.59 Å². The maximum Gasteiger partial charge on any atom is 0.330 e. The fourth-order valence-corrected chi connectivity index (χ4v) is 0.638. The van der Waals surface area contributed by atoms with E-state index in [1.54, 1.807) is 0 Å². The Morgan fingerprint density at radius 3 is 2.12 bits per heavy atom. The Balaban J connectivity index is 0. The average molecular weight is 248 g/mol. The van der Waals surface area contributed by atoms with Crippen LogP contribution in [0.2, 0.25) is 0 Å². The Labute approximate surface area is 98.6 Å². The maximum atomic E-state index is 10.8. The molecule has 7 heteroatoms. The van der Waals surface area contributed by atoms with Crippen LogP contribution in [0.3, 0.4) is 0 Å². The van der Waals surface area contributed by atoms with Crippen molar-refractivity contribution in [2.45, 2.75) is 12.8 Å². The normalized spacial score (nSPS) is 8.35. The lowest BCUT2D eigenvalue weighted by atomic mass is 10.3. The third kappa shape index (κ3) is 14.1. The number of carbonyl (C=O) groups excluding carboxylic acids is 2. The Hall–Kier alpha value is -1.89. The predicted molar refractivity (Wildman–Crippen MR) is 57.1 cm³/mol. The molecule has 0 rings (SSSR count). The van der Waals surface area contributed by atoms with Gasteiger partial charge in [-0.05, 0) is 0 Å². The monoisotopic (exact) mass is 248 g/mol. The molecule has 0 aromatic heterocycles. The van der Waals surface area contributed by atoms with Crippen LogP contribution in [0.5, 0.6) is 0 Å². The summed E-state index contributed by atoms with van der Waals surface area (Å²) in [6.45, 7) is 3.02. The molecule has 0 unspecified atom stereocenters. The number of aliphatic hydroxyl groups is 1. The number of aliphatic hydroxyl groups excluding tert-OH is 1. The van der Waals surface area contributed by atoms with Crippen molar-refractivity contribution < 1.29 is 34.1 Å². The van der Waals surface area contributed by atoms with Gasteiger partial charge in [0.15, 0.2) is 0 Å². The van der Waals surface area contributed by atoms with Crippen molar-refractivity contribution in [3.63, 3.8) is 0 Å². The first kappa shape index (κ1) is 17.5. The van der Waals surface area contributed by atoms with Crippen LogP contribution < -0.4 is 0 Å². The van der Waals surface area contributed by atoms with Crippen LogP contribution in [0.15, 0.2) is 12.7 Å². The first-order valence-electron chi connectivity index (χ1n) is 4.67. The number of ether oxygens (including phenoxy) is 2. The van der Waals surface area contributed by atoms with Gasteiger partial charge in [-0.2, -0.15) is 0 Å². The largest absolute Gasteiger partial charge is 0.481 e. The summed E-state index contributed by atoms with van der Waals surface area (Å²) in [5.41, 5.74) is 0. The van der Waals surface area contributed by atoms with E-state index in [0.717, 1.165) is 13.2 Å². The van der Waals surface area contributed by atoms with E-state index in [4.69, 9.17) is 10.2 Å². The molecular weight excluding hydrogens is 232 g/mol. The second kappa shape index (κ2) is 12.2. The zero-order valence-electron chi connectivity index (χ0n) is 9.55. The van der Waals surface area contributed by atoms with Crippen molar-refractivity contribution in [1.29, 1.82) is 0 Å². The van der Waals surface area contributed by atoms with Gasteiger partial charge in [-0.1, -0.05) is 6.58 Å². The van der Waals surface area contributed by atoms with Gasteiger partial charge in [0, 0.05) is 13.2 Å². The van der Waals surface area contributed by atoms with Gasteiger partial charge >= 0.3 is 17.9 Å². The molecule has 0 aliphatic heterocycles. The summed E-state index contributed by atoms with van der Waals surface area (Å²) in [5.74, 6) is -2.30. The van der Waals surface area contributed by atoms with E-state index in [0.29, 0.717) is 0 Å². The summed E-state index contributed by atoms with van der Waals surface area (Å²) < 4.78 is 9.09. The number of rotatable bonds is 7. The summed E-state index contributed by atoms with van der Waals surface area (Å²) in [7, 11) is 1.00. The highest BCUT2D eigenvalue weighted by Gasteiger charge is 2.06. The fraction of sp³-hybridized carbons (Fsp3) is 0.500. The molecule has 0 atom stereocenters. The van der Waals surface area contributed by atoms with Crippen molar-refractivity contribution in [3.05, 3.63) is 12.7 Å². The lowest BCUT2D eigenvalue weighted by molar-refractivity contribution is -0.151. The minimum absolute atomic E-state index is 0.0658. The highest BCUT2D eigenvalue weighted by atomic mass is 16.6. The van der Waals surface area contributed by atoms with Crippen LogP contribution in [0.4, 0.5) is 0 Å². The molecule has 0 saturated carbocycles. The number of carboxylic acid groups (broad SMARTS) is 1. The molecule has 0 saturated heterocycles. The standard InChI is InChI=1S/C9H12O6.CH4O/c1-2-8(12)14-5-6-15-9(13)4-3-7(10)11;1-2/h2H,1,3-6H2,(H,10,11);2H,1H3. The molecular formula is C10H16O7. The van der Waals surface area contributed by atoms with Crippen LogP contribution in [0, 0.1) is 0 Å². The van der Waals surface area contributed by atoms with Gasteiger partial charge in [0.05, 0.1) is 12.8 Å². The van der Waals surface area contributed by atoms with E-state index in [9.17, 15) is 14.4 Å². The maximum absolute atomic E-state index is 10.8. The lowest BCUT2D eigenvalue weighted by Gasteiger charge is -2.03. The molecule has 0 spiro atoms. The van der Waals surface area contributed by atoms with Gasteiger partial charge in [0.2, 0.25) is 0 Å². The number of carboxylic acids is 1. The van der Waals surface area contributed by atoms with E-state index < -0.39 is 17.9 Å². The first-order valence-corrected chi connectivity index (χ1v) is 4.67. The van der Waals surface area contributed by atoms with Crippen molar-refractivity contribution in [1.82, 2.24) is 0 Å². The van der Waals surface area contributed by atoms with Gasteiger partial charge in [-0.25, -0.2) is 4.79 Å². The summed E-state index contributed by atoms with van der Waals surface area (Å²) in [5, 5.41) is 15.3. The Kier molecular flexibility index (Phi) is 12.5. The number of hydrogen-bond donors (Lipinski definition) is 2. The SMILES string of the molecule is C=CC(=O)OCCOC(=O)CCC(=O)O.CO. The highest BCUT2D eigenvalue weighted by molar-refractivity contribution is 5.81. The minimum Gasteiger partial charge on any atom is -0.481 e. The van der Waals surface area contributed by atoms with E-state index in [1.165, 1.54) is 0 Å². The number of carbonyl (C=O) groups is 3. The van der Waals surface area contributed by atoms with E-state index in [2.05, 4.69) is 16.1 Å². The van der Waals surface area contributed by atoms with Crippen LogP contribution in [-0.2, 0) is 23.9 Å². The van der Waals surface area contributed by atoms with Crippen LogP contribution >= 0.6 is 0 Å². The smallest absolute Gasteiger partial charge is 0.330 e. The quantitative estimate of drug-likeness (QED) is 0.362. The van der Waals surface area contributed by atoms with E-state index in [-0.39, 0.29) is 26.1 Å². The minimum atomic E-state index is -1.06. The topological polar surface area (TPSA) is 110 Å². The van der Waals surface area contributed by atoms with Crippen molar-refractivity contribution in [3.8, 4) is 0 Å². The molecule has 0 radical (unpaired) electrons. The van der Waals surface area contributed by atoms with Gasteiger partial charge in [0.25, 0.3) is 0 Å². The third-order valence-electron chi connectivity index (χ3n) is 1.30. The summed E-state index contributed by atoms with van der Waals surface area (Å²) >= 11 is 0. The molecule has 0 aliphatic rings. The number of esters is 2. The second-order valence-electron chi connectivity index (χ2n) is 2.49. The first-order chi connectivity index (χ1) is 8.06. The number of aliphatic carboxylic acids is 1. The van der Waals surface area contributed by atoms with E-state index >= 15 is 0 Å². The molecule has 0 bridgehead atoms. The molecule has 0 heterocycles. The molecule has 7 nitrogen and oxygen atoms in total. The van der Waals surface area contributed by atoms with Gasteiger partial charge in [-0.15, -0.1) is 0 Å². The molecule has 98 valence electrons. The summed E-state index contributed by atoms with van der Waals surface area (Å²) in [4.78, 5) is 31.4. The Morgan fingerprint density at radius 2 is 1.65 bits per heavy atom. The molecule has 17 heavy (non-hydrogen) atoms. The average Bonchev–Trinajstić information content (AvgIpc) is 2.34. The zero-order valence-corrected chi connectivity index (χ0v) is 9.55. The number of hydrogen-bond acceptors (Lipinski definition) is 6. The van der Waals surface area contributed by atoms with Crippen molar-refractivity contribution in [2.24, 2.45) is 0 Å². The molecule has 2 N–H and O–H groups in total. The van der Waals surface area contributed by atoms with Crippen LogP contribution in [-0.4, -0.2) is 48.4 Å². The Bertz CT molecular complexity index is 259. The Morgan fingerprint density at radius 1 is 1.12 bits per heavy atom. The lowest BCUT2D eigenvalue weighted by Crippen LogP contribution is -2.13. The van der Waals surface area contributed by atoms with Crippen LogP contribution in [0.25, 0.3) is 0 Å². The second-order valence-corrected chi connectivity index (χ2v) is 2.49. The highest BCUT2D eigenvalue weighted by Crippen LogP contribution is 1.93. The van der Waals surface area contributed by atoms with Gasteiger partial charge < -0.3 is 19.7 Å². The molecule has 0 amide bonds. The molecule has 0 aromatic rings. The van der Waals surface area contributed by atoms with Crippen molar-refractivity contribution >= 4 is 17.9 Å². The predicted octanol–water partition coefficient (Wildman–Crippen LogP) is -0.268. The summed E-state index contributed by atoms with van der Waals surface area (Å²) in [6, 6.07) is 0. The van der Waals surface area contributed by atoms with Crippen LogP contribution in [0.1, 0.15) is 12.8 Å². The van der Waals surface area contributed by atoms with Gasteiger partial charge in [0.1, 0.15) is 13.2 Å². The third-order valence-corrected chi connectivity index (χ3v) is 1.30. The summed E-state index contributed by atoms with van der Waals surface area (Å²) in [6.07, 6.45) is 0.530. The molecule has 0 fully saturated rings. The fourth-order valence-electron chi connectivity index (χ4n) is 0.638.